The van der Waals surface area contributed by atoms with Crippen molar-refractivity contribution in [3.63, 3.8) is 0 Å². The van der Waals surface area contributed by atoms with E-state index in [1.165, 1.54) is 0 Å². The molecule has 1 aliphatic rings. The molecule has 6 heteroatoms. The van der Waals surface area contributed by atoms with Gasteiger partial charge in [-0.05, 0) is 35.4 Å². The predicted molar refractivity (Wildman–Crippen MR) is 95.2 cm³/mol. The van der Waals surface area contributed by atoms with E-state index in [2.05, 4.69) is 10.3 Å². The lowest BCUT2D eigenvalue weighted by Gasteiger charge is -2.10. The molecule has 0 radical (unpaired) electrons. The van der Waals surface area contributed by atoms with Crippen molar-refractivity contribution in [2.24, 2.45) is 5.73 Å². The fourth-order valence-corrected chi connectivity index (χ4v) is 3.81. The first-order valence-corrected chi connectivity index (χ1v) is 8.51. The Hall–Kier alpha value is -2.47. The number of benzene rings is 1. The van der Waals surface area contributed by atoms with Gasteiger partial charge in [-0.3, -0.25) is 9.78 Å². The number of methoxy groups -OCH3 is 1. The van der Waals surface area contributed by atoms with Gasteiger partial charge in [-0.2, -0.15) is 0 Å². The number of thioether (sulfide) groups is 1. The summed E-state index contributed by atoms with van der Waals surface area (Å²) in [6, 6.07) is 11.4. The Bertz CT molecular complexity index is 762. The third-order valence-corrected chi connectivity index (χ3v) is 5.11. The van der Waals surface area contributed by atoms with Crippen LogP contribution in [-0.4, -0.2) is 18.0 Å². The average Bonchev–Trinajstić information content (AvgIpc) is 2.96. The molecule has 0 aliphatic carbocycles. The maximum absolute atomic E-state index is 12.3. The van der Waals surface area contributed by atoms with Crippen molar-refractivity contribution >= 4 is 17.7 Å². The summed E-state index contributed by atoms with van der Waals surface area (Å²) >= 11 is 1.59. The van der Waals surface area contributed by atoms with Crippen LogP contribution in [0, 0.1) is 0 Å². The highest BCUT2D eigenvalue weighted by molar-refractivity contribution is 8.03. The SMILES string of the molecule is COc1cccc(CC(=O)NC2=C(N)CC(c3ccncc3)S2)c1. The van der Waals surface area contributed by atoms with Crippen LogP contribution in [0.1, 0.15) is 22.8 Å². The molecular formula is C18H19N3O2S. The van der Waals surface area contributed by atoms with E-state index in [1.807, 2.05) is 36.4 Å². The topological polar surface area (TPSA) is 77.2 Å². The third-order valence-electron chi connectivity index (χ3n) is 3.79. The molecule has 5 nitrogen and oxygen atoms in total. The number of nitrogens with one attached hydrogen (secondary N) is 1. The smallest absolute Gasteiger partial charge is 0.229 e. The number of carbonyl (C=O) groups excluding carboxylic acids is 1. The van der Waals surface area contributed by atoms with Crippen LogP contribution in [-0.2, 0) is 11.2 Å². The summed E-state index contributed by atoms with van der Waals surface area (Å²) in [5, 5.41) is 3.91. The van der Waals surface area contributed by atoms with Crippen molar-refractivity contribution < 1.29 is 9.53 Å². The van der Waals surface area contributed by atoms with Crippen LogP contribution < -0.4 is 15.8 Å². The van der Waals surface area contributed by atoms with Crippen molar-refractivity contribution in [2.45, 2.75) is 18.1 Å². The second-order valence-electron chi connectivity index (χ2n) is 5.52. The molecule has 1 atom stereocenters. The number of pyridine rings is 1. The number of carbonyl (C=O) groups is 1. The highest BCUT2D eigenvalue weighted by Gasteiger charge is 2.26. The number of aromatic nitrogens is 1. The van der Waals surface area contributed by atoms with E-state index in [0.29, 0.717) is 0 Å². The first-order valence-electron chi connectivity index (χ1n) is 7.63. The molecule has 1 aliphatic heterocycles. The van der Waals surface area contributed by atoms with Crippen LogP contribution in [0.15, 0.2) is 59.5 Å². The minimum absolute atomic E-state index is 0.0796. The molecule has 0 bridgehead atoms. The molecule has 24 heavy (non-hydrogen) atoms. The molecule has 124 valence electrons. The predicted octanol–water partition coefficient (Wildman–Crippen LogP) is 2.75. The van der Waals surface area contributed by atoms with Gasteiger partial charge in [0.25, 0.3) is 0 Å². The van der Waals surface area contributed by atoms with Gasteiger partial charge in [-0.1, -0.05) is 23.9 Å². The van der Waals surface area contributed by atoms with Gasteiger partial charge in [0, 0.05) is 29.8 Å². The monoisotopic (exact) mass is 341 g/mol. The van der Waals surface area contributed by atoms with Gasteiger partial charge in [0.05, 0.1) is 18.6 Å². The van der Waals surface area contributed by atoms with Crippen LogP contribution in [0.2, 0.25) is 0 Å². The Kier molecular flexibility index (Phi) is 5.05. The number of rotatable bonds is 5. The summed E-state index contributed by atoms with van der Waals surface area (Å²) in [6.45, 7) is 0. The first-order chi connectivity index (χ1) is 11.7. The zero-order chi connectivity index (χ0) is 16.9. The van der Waals surface area contributed by atoms with E-state index in [4.69, 9.17) is 10.5 Å². The lowest BCUT2D eigenvalue weighted by molar-refractivity contribution is -0.119. The summed E-state index contributed by atoms with van der Waals surface area (Å²) in [5.74, 6) is 0.663. The van der Waals surface area contributed by atoms with Crippen LogP contribution in [0.25, 0.3) is 0 Å². The van der Waals surface area contributed by atoms with Crippen LogP contribution in [0.4, 0.5) is 0 Å². The standard InChI is InChI=1S/C18H19N3O2S/c1-23-14-4-2-3-12(9-14)10-17(22)21-18-15(19)11-16(24-18)13-5-7-20-8-6-13/h2-9,16H,10-11,19H2,1H3,(H,21,22). The van der Waals surface area contributed by atoms with Gasteiger partial charge in [0.1, 0.15) is 5.75 Å². The van der Waals surface area contributed by atoms with Crippen LogP contribution in [0.5, 0.6) is 5.75 Å². The number of ether oxygens (including phenoxy) is 1. The normalized spacial score (nSPS) is 17.0. The van der Waals surface area contributed by atoms with Crippen molar-refractivity contribution in [1.29, 1.82) is 0 Å². The van der Waals surface area contributed by atoms with E-state index in [1.54, 1.807) is 31.3 Å². The minimum atomic E-state index is -0.0796. The Morgan fingerprint density at radius 2 is 2.17 bits per heavy atom. The minimum Gasteiger partial charge on any atom is -0.497 e. The molecule has 1 unspecified atom stereocenters. The van der Waals surface area contributed by atoms with Crippen molar-refractivity contribution in [1.82, 2.24) is 10.3 Å². The molecule has 1 amide bonds. The zero-order valence-corrected chi connectivity index (χ0v) is 14.2. The maximum Gasteiger partial charge on any atom is 0.229 e. The van der Waals surface area contributed by atoms with Gasteiger partial charge < -0.3 is 15.8 Å². The van der Waals surface area contributed by atoms with E-state index in [-0.39, 0.29) is 17.6 Å². The lowest BCUT2D eigenvalue weighted by Crippen LogP contribution is -2.24. The molecule has 0 fully saturated rings. The summed E-state index contributed by atoms with van der Waals surface area (Å²) in [6.07, 6.45) is 4.55. The molecule has 2 heterocycles. The van der Waals surface area contributed by atoms with Gasteiger partial charge in [-0.25, -0.2) is 0 Å². The number of allylic oxidation sites excluding steroid dienone is 1. The van der Waals surface area contributed by atoms with Crippen LogP contribution >= 0.6 is 11.8 Å². The fraction of sp³-hybridized carbons (Fsp3) is 0.222. The molecule has 0 saturated heterocycles. The third kappa shape index (κ3) is 3.89. The van der Waals surface area contributed by atoms with Crippen LogP contribution in [0.3, 0.4) is 0 Å². The first kappa shape index (κ1) is 16.4. The van der Waals surface area contributed by atoms with Gasteiger partial charge in [0.15, 0.2) is 0 Å². The highest BCUT2D eigenvalue weighted by atomic mass is 32.2. The molecule has 3 N–H and O–H groups in total. The number of hydrogen-bond acceptors (Lipinski definition) is 5. The van der Waals surface area contributed by atoms with Gasteiger partial charge >= 0.3 is 0 Å². The van der Waals surface area contributed by atoms with Crippen molar-refractivity contribution in [3.05, 3.63) is 70.6 Å². The summed E-state index contributed by atoms with van der Waals surface area (Å²) < 4.78 is 5.18. The Morgan fingerprint density at radius 3 is 2.92 bits per heavy atom. The number of amides is 1. The van der Waals surface area contributed by atoms with Gasteiger partial charge in [-0.15, -0.1) is 0 Å². The van der Waals surface area contributed by atoms with Crippen molar-refractivity contribution in [3.8, 4) is 5.75 Å². The number of nitrogens with two attached hydrogens (primary N) is 1. The molecule has 1 aromatic carbocycles. The second kappa shape index (κ2) is 7.40. The lowest BCUT2D eigenvalue weighted by atomic mass is 10.1. The Balaban J connectivity index is 1.61. The molecule has 3 rings (SSSR count). The van der Waals surface area contributed by atoms with Gasteiger partial charge in [0.2, 0.25) is 5.91 Å². The quantitative estimate of drug-likeness (QED) is 0.874. The molecule has 1 aromatic heterocycles. The fourth-order valence-electron chi connectivity index (χ4n) is 2.56. The molecule has 0 spiro atoms. The number of hydrogen-bond donors (Lipinski definition) is 2. The highest BCUT2D eigenvalue weighted by Crippen LogP contribution is 2.44. The van der Waals surface area contributed by atoms with E-state index in [9.17, 15) is 4.79 Å². The van der Waals surface area contributed by atoms with Crippen molar-refractivity contribution in [2.75, 3.05) is 7.11 Å². The largest absolute Gasteiger partial charge is 0.497 e. The number of nitrogens with zero attached hydrogens (tertiary/aromatic N) is 1. The summed E-state index contributed by atoms with van der Waals surface area (Å²) in [5.41, 5.74) is 8.89. The average molecular weight is 341 g/mol. The maximum atomic E-state index is 12.3. The molecule has 2 aromatic rings. The Morgan fingerprint density at radius 1 is 1.38 bits per heavy atom. The molecular weight excluding hydrogens is 322 g/mol. The second-order valence-corrected chi connectivity index (χ2v) is 6.73. The molecule has 0 saturated carbocycles. The summed E-state index contributed by atoms with van der Waals surface area (Å²) in [7, 11) is 1.61. The van der Waals surface area contributed by atoms with E-state index >= 15 is 0 Å². The van der Waals surface area contributed by atoms with E-state index < -0.39 is 0 Å². The zero-order valence-electron chi connectivity index (χ0n) is 13.4. The van der Waals surface area contributed by atoms with E-state index in [0.717, 1.165) is 34.0 Å². The summed E-state index contributed by atoms with van der Waals surface area (Å²) in [4.78, 5) is 16.3. The Labute approximate surface area is 145 Å².